The third kappa shape index (κ3) is 3.37. The molecule has 136 valence electrons. The van der Waals surface area contributed by atoms with E-state index in [2.05, 4.69) is 12.2 Å². The molecule has 2 atom stereocenters. The van der Waals surface area contributed by atoms with Gasteiger partial charge in [-0.3, -0.25) is 4.79 Å². The van der Waals surface area contributed by atoms with Crippen LogP contribution in [0.2, 0.25) is 0 Å². The highest BCUT2D eigenvalue weighted by atomic mass is 32.2. The smallest absolute Gasteiger partial charge is 0.230 e. The van der Waals surface area contributed by atoms with E-state index in [1.165, 1.54) is 50.3 Å². The topological polar surface area (TPSA) is 63.2 Å². The molecule has 0 radical (unpaired) electrons. The quantitative estimate of drug-likeness (QED) is 0.807. The van der Waals surface area contributed by atoms with Crippen molar-refractivity contribution in [2.24, 2.45) is 23.2 Å². The van der Waals surface area contributed by atoms with Crippen LogP contribution in [0.5, 0.6) is 0 Å². The lowest BCUT2D eigenvalue weighted by atomic mass is 9.48. The summed E-state index contributed by atoms with van der Waals surface area (Å²) in [7, 11) is -2.85. The van der Waals surface area contributed by atoms with Gasteiger partial charge in [-0.25, -0.2) is 8.42 Å². The molecule has 0 spiro atoms. The molecule has 5 fully saturated rings. The predicted molar refractivity (Wildman–Crippen MR) is 97.7 cm³/mol. The molecule has 24 heavy (non-hydrogen) atoms. The fourth-order valence-electron chi connectivity index (χ4n) is 6.23. The van der Waals surface area contributed by atoms with Crippen molar-refractivity contribution in [2.45, 2.75) is 63.2 Å². The minimum atomic E-state index is -2.85. The summed E-state index contributed by atoms with van der Waals surface area (Å²) in [6.07, 6.45) is 8.87. The average Bonchev–Trinajstić information content (AvgIpc) is 2.83. The first kappa shape index (κ1) is 17.2. The number of carbonyl (C=O) groups is 1. The van der Waals surface area contributed by atoms with E-state index in [-0.39, 0.29) is 28.7 Å². The molecule has 4 aliphatic carbocycles. The van der Waals surface area contributed by atoms with Crippen molar-refractivity contribution >= 4 is 27.5 Å². The molecule has 1 N–H and O–H groups in total. The summed E-state index contributed by atoms with van der Waals surface area (Å²) in [6, 6.07) is 0.256. The molecule has 6 heteroatoms. The van der Waals surface area contributed by atoms with Crippen LogP contribution < -0.4 is 5.32 Å². The normalized spacial score (nSPS) is 43.7. The second-order valence-electron chi connectivity index (χ2n) is 8.91. The Morgan fingerprint density at radius 1 is 1.17 bits per heavy atom. The monoisotopic (exact) mass is 371 g/mol. The summed E-state index contributed by atoms with van der Waals surface area (Å²) in [5, 5.41) is 3.38. The van der Waals surface area contributed by atoms with Gasteiger partial charge in [-0.05, 0) is 75.0 Å². The van der Waals surface area contributed by atoms with E-state index >= 15 is 0 Å². The van der Waals surface area contributed by atoms with Crippen molar-refractivity contribution in [1.82, 2.24) is 5.32 Å². The second kappa shape index (κ2) is 6.19. The van der Waals surface area contributed by atoms with E-state index < -0.39 is 9.84 Å². The summed E-state index contributed by atoms with van der Waals surface area (Å²) in [5.41, 5.74) is 0.339. The summed E-state index contributed by atoms with van der Waals surface area (Å²) >= 11 is 1.52. The molecule has 1 aliphatic heterocycles. The van der Waals surface area contributed by atoms with Crippen LogP contribution in [-0.2, 0) is 14.6 Å². The van der Waals surface area contributed by atoms with Gasteiger partial charge in [-0.15, -0.1) is 11.8 Å². The summed E-state index contributed by atoms with van der Waals surface area (Å²) in [4.78, 5) is 12.4. The molecule has 0 aromatic carbocycles. The number of sulfone groups is 1. The summed E-state index contributed by atoms with van der Waals surface area (Å²) < 4.78 is 23.0. The zero-order chi connectivity index (χ0) is 16.9. The number of hydrogen-bond donors (Lipinski definition) is 1. The Kier molecular flexibility index (Phi) is 4.43. The molecule has 0 aromatic rings. The van der Waals surface area contributed by atoms with Crippen molar-refractivity contribution in [3.63, 3.8) is 0 Å². The minimum Gasteiger partial charge on any atom is -0.352 e. The lowest BCUT2D eigenvalue weighted by Crippen LogP contribution is -2.56. The van der Waals surface area contributed by atoms with Crippen LogP contribution in [0.1, 0.15) is 51.9 Å². The van der Waals surface area contributed by atoms with E-state index in [1.54, 1.807) is 0 Å². The summed E-state index contributed by atoms with van der Waals surface area (Å²) in [6.45, 7) is 2.20. The van der Waals surface area contributed by atoms with Gasteiger partial charge >= 0.3 is 0 Å². The van der Waals surface area contributed by atoms with Crippen LogP contribution in [0.4, 0.5) is 0 Å². The molecule has 0 unspecified atom stereocenters. The van der Waals surface area contributed by atoms with Gasteiger partial charge in [0, 0.05) is 11.3 Å². The fraction of sp³-hybridized carbons (Fsp3) is 0.944. The molecule has 1 heterocycles. The Labute approximate surface area is 149 Å². The zero-order valence-corrected chi connectivity index (χ0v) is 16.1. The number of hydrogen-bond acceptors (Lipinski definition) is 4. The molecule has 0 aromatic heterocycles. The highest BCUT2D eigenvalue weighted by molar-refractivity contribution is 8.02. The van der Waals surface area contributed by atoms with Crippen LogP contribution in [0.3, 0.4) is 0 Å². The third-order valence-corrected chi connectivity index (χ3v) is 10.3. The molecular formula is C18H29NO3S2. The highest BCUT2D eigenvalue weighted by Crippen LogP contribution is 2.61. The first-order valence-corrected chi connectivity index (χ1v) is 12.3. The van der Waals surface area contributed by atoms with E-state index in [0.29, 0.717) is 17.6 Å². The lowest BCUT2D eigenvalue weighted by Gasteiger charge is -2.59. The van der Waals surface area contributed by atoms with Crippen molar-refractivity contribution in [2.75, 3.05) is 17.3 Å². The van der Waals surface area contributed by atoms with Crippen molar-refractivity contribution < 1.29 is 13.2 Å². The Balaban J connectivity index is 1.30. The van der Waals surface area contributed by atoms with E-state index in [9.17, 15) is 13.2 Å². The first-order valence-electron chi connectivity index (χ1n) is 9.45. The number of carbonyl (C=O) groups excluding carboxylic acids is 1. The third-order valence-electron chi connectivity index (χ3n) is 7.02. The van der Waals surface area contributed by atoms with Crippen LogP contribution in [0.15, 0.2) is 0 Å². The Hall–Kier alpha value is -0.230. The van der Waals surface area contributed by atoms with Gasteiger partial charge in [-0.1, -0.05) is 0 Å². The number of rotatable bonds is 5. The van der Waals surface area contributed by atoms with Crippen molar-refractivity contribution in [1.29, 1.82) is 0 Å². The van der Waals surface area contributed by atoms with Gasteiger partial charge in [-0.2, -0.15) is 0 Å². The van der Waals surface area contributed by atoms with Gasteiger partial charge in [0.15, 0.2) is 9.84 Å². The lowest BCUT2D eigenvalue weighted by molar-refractivity contribution is -0.123. The number of nitrogens with one attached hydrogen (secondary N) is 1. The number of amides is 1. The maximum atomic E-state index is 12.4. The van der Waals surface area contributed by atoms with Crippen LogP contribution in [0, 0.1) is 23.2 Å². The molecule has 4 saturated carbocycles. The number of thioether (sulfide) groups is 1. The van der Waals surface area contributed by atoms with E-state index in [0.717, 1.165) is 17.8 Å². The average molecular weight is 372 g/mol. The van der Waals surface area contributed by atoms with E-state index in [4.69, 9.17) is 0 Å². The maximum absolute atomic E-state index is 12.4. The predicted octanol–water partition coefficient (Wildman–Crippen LogP) is 2.63. The molecule has 4 bridgehead atoms. The molecule has 5 aliphatic rings. The zero-order valence-electron chi connectivity index (χ0n) is 14.5. The second-order valence-corrected chi connectivity index (χ2v) is 12.4. The highest BCUT2D eigenvalue weighted by Gasteiger charge is 2.53. The van der Waals surface area contributed by atoms with E-state index in [1.807, 2.05) is 0 Å². The minimum absolute atomic E-state index is 0.0903. The van der Waals surface area contributed by atoms with Crippen molar-refractivity contribution in [3.05, 3.63) is 0 Å². The maximum Gasteiger partial charge on any atom is 0.230 e. The van der Waals surface area contributed by atoms with Gasteiger partial charge < -0.3 is 5.32 Å². The molecule has 5 rings (SSSR count). The van der Waals surface area contributed by atoms with Gasteiger partial charge in [0.25, 0.3) is 0 Å². The Morgan fingerprint density at radius 3 is 2.25 bits per heavy atom. The van der Waals surface area contributed by atoms with Crippen LogP contribution in [-0.4, -0.2) is 42.9 Å². The fourth-order valence-corrected chi connectivity index (χ4v) is 9.68. The molecule has 1 saturated heterocycles. The van der Waals surface area contributed by atoms with Crippen LogP contribution in [0.25, 0.3) is 0 Å². The Bertz CT molecular complexity index is 580. The van der Waals surface area contributed by atoms with Crippen molar-refractivity contribution in [3.8, 4) is 0 Å². The van der Waals surface area contributed by atoms with Gasteiger partial charge in [0.1, 0.15) is 0 Å². The first-order chi connectivity index (χ1) is 11.3. The Morgan fingerprint density at radius 2 is 1.75 bits per heavy atom. The largest absolute Gasteiger partial charge is 0.352 e. The molecular weight excluding hydrogens is 342 g/mol. The summed E-state index contributed by atoms with van der Waals surface area (Å²) in [5.74, 6) is 3.71. The van der Waals surface area contributed by atoms with Gasteiger partial charge in [0.05, 0.1) is 17.3 Å². The molecule has 1 amide bonds. The molecule has 4 nitrogen and oxygen atoms in total. The SMILES string of the molecule is C[C@H](NC(=O)CS[C@@H]1CCS(=O)(=O)C1)C12CC3CC(CC(C3)C1)C2. The standard InChI is InChI=1S/C18H29NO3S2/c1-12(18-7-13-4-14(8-18)6-15(5-13)9-18)19-17(20)10-23-16-2-3-24(21,22)11-16/h12-16H,2-11H2,1H3,(H,19,20)/t12-,13?,14?,15?,16+,18?/m0/s1. The van der Waals surface area contributed by atoms with Gasteiger partial charge in [0.2, 0.25) is 5.91 Å². The van der Waals surface area contributed by atoms with Crippen LogP contribution >= 0.6 is 11.8 Å².